The van der Waals surface area contributed by atoms with Gasteiger partial charge in [-0.15, -0.1) is 0 Å². The van der Waals surface area contributed by atoms with Crippen LogP contribution in [0.2, 0.25) is 0 Å². The van der Waals surface area contributed by atoms with Crippen molar-refractivity contribution in [1.82, 2.24) is 14.7 Å². The van der Waals surface area contributed by atoms with E-state index in [1.807, 2.05) is 30.4 Å². The maximum Gasteiger partial charge on any atom is 0.269 e. The van der Waals surface area contributed by atoms with E-state index >= 15 is 0 Å². The molecular formula is C25H26F2N4O5S. The van der Waals surface area contributed by atoms with Gasteiger partial charge in [0, 0.05) is 29.9 Å². The number of ether oxygens (including phenoxy) is 1. The molecule has 1 aliphatic heterocycles. The first-order chi connectivity index (χ1) is 17.4. The molecule has 2 N–H and O–H groups in total. The molecule has 1 fully saturated rings. The van der Waals surface area contributed by atoms with Crippen molar-refractivity contribution in [1.29, 1.82) is 0 Å². The molecule has 1 atom stereocenters. The van der Waals surface area contributed by atoms with E-state index in [-0.39, 0.29) is 34.3 Å². The summed E-state index contributed by atoms with van der Waals surface area (Å²) in [5.74, 6) is -2.67. The van der Waals surface area contributed by atoms with Crippen LogP contribution in [0.4, 0.5) is 14.6 Å². The third kappa shape index (κ3) is 4.80. The molecule has 1 amide bonds. The zero-order valence-corrected chi connectivity index (χ0v) is 21.4. The van der Waals surface area contributed by atoms with Crippen LogP contribution in [0.5, 0.6) is 5.75 Å². The maximum atomic E-state index is 14.4. The molecule has 3 aromatic rings. The number of sulfonamides is 1. The Morgan fingerprint density at radius 3 is 2.59 bits per heavy atom. The molecule has 37 heavy (non-hydrogen) atoms. The molecule has 2 aromatic heterocycles. The first kappa shape index (κ1) is 26.3. The number of benzene rings is 1. The molecule has 1 unspecified atom stereocenters. The van der Waals surface area contributed by atoms with Crippen molar-refractivity contribution in [3.63, 3.8) is 0 Å². The summed E-state index contributed by atoms with van der Waals surface area (Å²) in [5, 5.41) is 0. The fourth-order valence-corrected chi connectivity index (χ4v) is 5.42. The van der Waals surface area contributed by atoms with Crippen LogP contribution >= 0.6 is 0 Å². The molecule has 0 saturated carbocycles. The van der Waals surface area contributed by atoms with Crippen LogP contribution in [-0.2, 0) is 10.0 Å². The summed E-state index contributed by atoms with van der Waals surface area (Å²) in [7, 11) is -3.27. The van der Waals surface area contributed by atoms with Gasteiger partial charge in [0.05, 0.1) is 18.4 Å². The number of carbonyl (C=O) groups excluding carboxylic acids is 1. The van der Waals surface area contributed by atoms with Gasteiger partial charge in [-0.2, -0.15) is 0 Å². The normalized spacial score (nSPS) is 17.0. The Balaban J connectivity index is 1.85. The zero-order chi connectivity index (χ0) is 27.1. The van der Waals surface area contributed by atoms with Gasteiger partial charge in [0.25, 0.3) is 21.5 Å². The van der Waals surface area contributed by atoms with E-state index in [1.165, 1.54) is 31.5 Å². The predicted octanol–water partition coefficient (Wildman–Crippen LogP) is 3.47. The van der Waals surface area contributed by atoms with Crippen LogP contribution in [0.25, 0.3) is 11.3 Å². The monoisotopic (exact) mass is 532 g/mol. The molecule has 0 radical (unpaired) electrons. The second-order valence-electron chi connectivity index (χ2n) is 9.33. The predicted molar refractivity (Wildman–Crippen MR) is 133 cm³/mol. The Labute approximate surface area is 212 Å². The van der Waals surface area contributed by atoms with Crippen molar-refractivity contribution in [3.8, 4) is 17.0 Å². The molecule has 9 nitrogen and oxygen atoms in total. The quantitative estimate of drug-likeness (QED) is 0.499. The summed E-state index contributed by atoms with van der Waals surface area (Å²) in [5.41, 5.74) is -1.29. The number of aromatic nitrogens is 2. The highest BCUT2D eigenvalue weighted by Gasteiger charge is 2.41. The maximum absolute atomic E-state index is 14.4. The minimum atomic E-state index is -4.51. The van der Waals surface area contributed by atoms with Crippen LogP contribution in [0.3, 0.4) is 0 Å². The summed E-state index contributed by atoms with van der Waals surface area (Å²) >= 11 is 0. The Bertz CT molecular complexity index is 1540. The second kappa shape index (κ2) is 9.58. The average Bonchev–Trinajstić information content (AvgIpc) is 3.10. The average molecular weight is 533 g/mol. The number of halogens is 2. The van der Waals surface area contributed by atoms with Crippen molar-refractivity contribution in [2.75, 3.05) is 18.6 Å². The zero-order valence-electron chi connectivity index (χ0n) is 20.6. The molecule has 0 spiro atoms. The van der Waals surface area contributed by atoms with Crippen LogP contribution in [0.15, 0.2) is 52.3 Å². The molecule has 4 rings (SSSR count). The highest BCUT2D eigenvalue weighted by molar-refractivity contribution is 7.90. The summed E-state index contributed by atoms with van der Waals surface area (Å²) in [4.78, 5) is 33.4. The largest absolute Gasteiger partial charge is 0.493 e. The van der Waals surface area contributed by atoms with Gasteiger partial charge in [-0.25, -0.2) is 26.9 Å². The number of anilines is 1. The van der Waals surface area contributed by atoms with Crippen LogP contribution in [-0.4, -0.2) is 43.5 Å². The van der Waals surface area contributed by atoms with Gasteiger partial charge < -0.3 is 14.6 Å². The molecule has 0 bridgehead atoms. The minimum Gasteiger partial charge on any atom is -0.493 e. The van der Waals surface area contributed by atoms with E-state index in [4.69, 9.17) is 4.74 Å². The second-order valence-corrected chi connectivity index (χ2v) is 11.0. The molecule has 196 valence electrons. The lowest BCUT2D eigenvalue weighted by molar-refractivity contribution is 0.0981. The Hall–Kier alpha value is -3.80. The van der Waals surface area contributed by atoms with Gasteiger partial charge in [-0.1, -0.05) is 6.92 Å². The topological polar surface area (TPSA) is 121 Å². The first-order valence-electron chi connectivity index (χ1n) is 11.4. The van der Waals surface area contributed by atoms with Crippen molar-refractivity contribution in [2.45, 2.75) is 37.6 Å². The van der Waals surface area contributed by atoms with Gasteiger partial charge in [-0.3, -0.25) is 9.59 Å². The van der Waals surface area contributed by atoms with Crippen molar-refractivity contribution >= 4 is 21.7 Å². The van der Waals surface area contributed by atoms with Crippen molar-refractivity contribution in [3.05, 3.63) is 70.1 Å². The molecule has 3 heterocycles. The first-order valence-corrected chi connectivity index (χ1v) is 12.9. The summed E-state index contributed by atoms with van der Waals surface area (Å²) in [6.07, 6.45) is 2.04. The summed E-state index contributed by atoms with van der Waals surface area (Å²) in [6.45, 7) is 6.47. The number of carbonyl (C=O) groups is 1. The van der Waals surface area contributed by atoms with E-state index in [2.05, 4.69) is 9.97 Å². The standard InChI is InChI=1S/C25H26F2N4O5S/c1-14-9-11-31(25(14,2)3)22-16(23(32)30-37(34,35)20-6-5-10-28-24(20)33)7-8-19(29-22)17-12-15(26)13-18(27)21(17)36-4/h5-8,10,12-14H,9,11H2,1-4H3,(H,28,33)(H,30,32). The minimum absolute atomic E-state index is 0.0294. The number of H-pyrrole nitrogens is 1. The number of pyridine rings is 2. The lowest BCUT2D eigenvalue weighted by atomic mass is 9.90. The van der Waals surface area contributed by atoms with Crippen molar-refractivity contribution in [2.24, 2.45) is 5.92 Å². The molecule has 1 saturated heterocycles. The van der Waals surface area contributed by atoms with Crippen LogP contribution in [0, 0.1) is 17.6 Å². The number of aromatic amines is 1. The number of hydrogen-bond donors (Lipinski definition) is 2. The molecule has 0 aliphatic carbocycles. The van der Waals surface area contributed by atoms with Gasteiger partial charge in [0.1, 0.15) is 11.6 Å². The lowest BCUT2D eigenvalue weighted by Gasteiger charge is -2.36. The fraction of sp³-hybridized carbons (Fsp3) is 0.320. The van der Waals surface area contributed by atoms with E-state index in [0.29, 0.717) is 12.6 Å². The number of nitrogens with zero attached hydrogens (tertiary/aromatic N) is 2. The van der Waals surface area contributed by atoms with Gasteiger partial charge in [-0.05, 0) is 56.5 Å². The Morgan fingerprint density at radius 2 is 1.97 bits per heavy atom. The number of amides is 1. The Morgan fingerprint density at radius 1 is 1.24 bits per heavy atom. The Kier molecular flexibility index (Phi) is 6.80. The van der Waals surface area contributed by atoms with Crippen molar-refractivity contribution < 1.29 is 26.7 Å². The van der Waals surface area contributed by atoms with E-state index < -0.39 is 43.6 Å². The summed E-state index contributed by atoms with van der Waals surface area (Å²) < 4.78 is 61.2. The highest BCUT2D eigenvalue weighted by Crippen LogP contribution is 2.40. The fourth-order valence-electron chi connectivity index (χ4n) is 4.40. The number of nitrogens with one attached hydrogen (secondary N) is 2. The van der Waals surface area contributed by atoms with E-state index in [1.54, 1.807) is 0 Å². The van der Waals surface area contributed by atoms with Gasteiger partial charge in [0.2, 0.25) is 0 Å². The number of hydrogen-bond acceptors (Lipinski definition) is 7. The number of rotatable bonds is 6. The number of methoxy groups -OCH3 is 1. The third-order valence-electron chi connectivity index (χ3n) is 6.85. The SMILES string of the molecule is COc1c(F)cc(F)cc1-c1ccc(C(=O)NS(=O)(=O)c2ccc[nH]c2=O)c(N2CCC(C)C2(C)C)n1. The highest BCUT2D eigenvalue weighted by atomic mass is 32.2. The molecular weight excluding hydrogens is 506 g/mol. The van der Waals surface area contributed by atoms with Crippen LogP contribution in [0.1, 0.15) is 37.6 Å². The smallest absolute Gasteiger partial charge is 0.269 e. The molecule has 1 aliphatic rings. The van der Waals surface area contributed by atoms with E-state index in [0.717, 1.165) is 18.6 Å². The molecule has 12 heteroatoms. The van der Waals surface area contributed by atoms with Crippen LogP contribution < -0.4 is 19.9 Å². The summed E-state index contributed by atoms with van der Waals surface area (Å²) in [6, 6.07) is 6.83. The lowest BCUT2D eigenvalue weighted by Crippen LogP contribution is -2.44. The molecule has 1 aromatic carbocycles. The van der Waals surface area contributed by atoms with Gasteiger partial charge >= 0.3 is 0 Å². The van der Waals surface area contributed by atoms with E-state index in [9.17, 15) is 26.8 Å². The van der Waals surface area contributed by atoms with Gasteiger partial charge in [0.15, 0.2) is 16.5 Å². The third-order valence-corrected chi connectivity index (χ3v) is 8.20.